The number of nitrogens with one attached hydrogen (secondary N) is 1. The van der Waals surface area contributed by atoms with Crippen molar-refractivity contribution in [1.29, 1.82) is 0 Å². The van der Waals surface area contributed by atoms with Crippen LogP contribution in [0.25, 0.3) is 5.69 Å². The lowest BCUT2D eigenvalue weighted by Gasteiger charge is -2.12. The highest BCUT2D eigenvalue weighted by atomic mass is 32.2. The van der Waals surface area contributed by atoms with Crippen LogP contribution in [0.4, 0.5) is 4.79 Å². The number of imidazole rings is 1. The van der Waals surface area contributed by atoms with E-state index in [2.05, 4.69) is 16.4 Å². The van der Waals surface area contributed by atoms with E-state index in [1.807, 2.05) is 36.7 Å². The first-order valence-corrected chi connectivity index (χ1v) is 7.64. The Morgan fingerprint density at radius 3 is 2.50 bits per heavy atom. The Hall–Kier alpha value is -2.28. The molecule has 0 aliphatic rings. The van der Waals surface area contributed by atoms with Crippen molar-refractivity contribution in [1.82, 2.24) is 14.9 Å². The van der Waals surface area contributed by atoms with Crippen LogP contribution in [-0.2, 0) is 4.79 Å². The van der Waals surface area contributed by atoms with Gasteiger partial charge in [-0.05, 0) is 44.0 Å². The van der Waals surface area contributed by atoms with Gasteiger partial charge in [0.15, 0.2) is 5.16 Å². The molecule has 1 aromatic carbocycles. The van der Waals surface area contributed by atoms with Gasteiger partial charge in [-0.2, -0.15) is 0 Å². The highest BCUT2D eigenvalue weighted by Crippen LogP contribution is 2.25. The lowest BCUT2D eigenvalue weighted by atomic mass is 10.1. The van der Waals surface area contributed by atoms with Crippen molar-refractivity contribution >= 4 is 23.7 Å². The molecule has 0 unspecified atom stereocenters. The molecule has 0 saturated heterocycles. The molecular weight excluding hydrogens is 300 g/mol. The lowest BCUT2D eigenvalue weighted by Crippen LogP contribution is -2.39. The van der Waals surface area contributed by atoms with Gasteiger partial charge in [-0.3, -0.25) is 14.7 Å². The van der Waals surface area contributed by atoms with Crippen molar-refractivity contribution in [3.05, 3.63) is 41.7 Å². The van der Waals surface area contributed by atoms with Gasteiger partial charge in [0.1, 0.15) is 0 Å². The van der Waals surface area contributed by atoms with Crippen LogP contribution in [0, 0.1) is 13.8 Å². The fraction of sp³-hybridized carbons (Fsp3) is 0.267. The van der Waals surface area contributed by atoms with E-state index < -0.39 is 17.2 Å². The number of hydrogen-bond acceptors (Lipinski definition) is 4. The Balaban J connectivity index is 2.22. The summed E-state index contributed by atoms with van der Waals surface area (Å²) in [6, 6.07) is 5.34. The van der Waals surface area contributed by atoms with Gasteiger partial charge >= 0.3 is 6.03 Å². The SMILES string of the molecule is Cc1cc(C)cc(-n2ccnc2S[C@H](C)C(=O)NC(N)=O)c1. The standard InChI is InChI=1S/C15H18N4O2S/c1-9-6-10(2)8-12(7-9)19-5-4-17-15(19)22-11(3)13(20)18-14(16)21/h4-8,11H,1-3H3,(H3,16,18,20,21)/t11-/m1/s1. The summed E-state index contributed by atoms with van der Waals surface area (Å²) in [6.45, 7) is 5.76. The molecule has 0 aliphatic heterocycles. The van der Waals surface area contributed by atoms with Gasteiger partial charge in [-0.1, -0.05) is 17.8 Å². The normalized spacial score (nSPS) is 12.0. The van der Waals surface area contributed by atoms with E-state index in [1.54, 1.807) is 13.1 Å². The topological polar surface area (TPSA) is 90.0 Å². The van der Waals surface area contributed by atoms with E-state index in [1.165, 1.54) is 11.8 Å². The maximum absolute atomic E-state index is 11.8. The van der Waals surface area contributed by atoms with Crippen molar-refractivity contribution in [2.45, 2.75) is 31.2 Å². The second-order valence-electron chi connectivity index (χ2n) is 5.04. The second-order valence-corrected chi connectivity index (χ2v) is 6.35. The molecule has 22 heavy (non-hydrogen) atoms. The Morgan fingerprint density at radius 1 is 1.27 bits per heavy atom. The van der Waals surface area contributed by atoms with Crippen molar-refractivity contribution < 1.29 is 9.59 Å². The first kappa shape index (κ1) is 16.1. The molecular formula is C15H18N4O2S. The van der Waals surface area contributed by atoms with Crippen molar-refractivity contribution in [2.24, 2.45) is 5.73 Å². The third kappa shape index (κ3) is 3.88. The Labute approximate surface area is 133 Å². The molecule has 0 aliphatic carbocycles. The number of nitrogens with two attached hydrogens (primary N) is 1. The van der Waals surface area contributed by atoms with Crippen LogP contribution in [0.15, 0.2) is 35.7 Å². The number of aromatic nitrogens is 2. The molecule has 0 spiro atoms. The van der Waals surface area contributed by atoms with Crippen molar-refractivity contribution in [2.75, 3.05) is 0 Å². The van der Waals surface area contributed by atoms with Gasteiger partial charge in [0.2, 0.25) is 5.91 Å². The number of amides is 3. The van der Waals surface area contributed by atoms with Crippen LogP contribution in [0.3, 0.4) is 0 Å². The number of thioether (sulfide) groups is 1. The van der Waals surface area contributed by atoms with E-state index >= 15 is 0 Å². The van der Waals surface area contributed by atoms with Crippen molar-refractivity contribution in [3.8, 4) is 5.69 Å². The van der Waals surface area contributed by atoms with Gasteiger partial charge in [-0.25, -0.2) is 9.78 Å². The van der Waals surface area contributed by atoms with Gasteiger partial charge in [0.25, 0.3) is 0 Å². The molecule has 2 aromatic rings. The quantitative estimate of drug-likeness (QED) is 0.845. The first-order chi connectivity index (χ1) is 10.4. The summed E-state index contributed by atoms with van der Waals surface area (Å²) >= 11 is 1.27. The summed E-state index contributed by atoms with van der Waals surface area (Å²) in [6.07, 6.45) is 3.52. The van der Waals surface area contributed by atoms with E-state index in [4.69, 9.17) is 5.73 Å². The maximum Gasteiger partial charge on any atom is 0.318 e. The van der Waals surface area contributed by atoms with E-state index in [0.717, 1.165) is 16.8 Å². The number of imide groups is 1. The third-order valence-corrected chi connectivity index (χ3v) is 4.07. The second kappa shape index (κ2) is 6.65. The van der Waals surface area contributed by atoms with Crippen LogP contribution in [0.5, 0.6) is 0 Å². The summed E-state index contributed by atoms with van der Waals surface area (Å²) in [7, 11) is 0. The smallest absolute Gasteiger partial charge is 0.318 e. The Kier molecular flexibility index (Phi) is 4.87. The molecule has 0 radical (unpaired) electrons. The van der Waals surface area contributed by atoms with Gasteiger partial charge < -0.3 is 5.73 Å². The average Bonchev–Trinajstić information content (AvgIpc) is 2.84. The molecule has 1 heterocycles. The number of urea groups is 1. The van der Waals surface area contributed by atoms with Crippen LogP contribution >= 0.6 is 11.8 Å². The zero-order chi connectivity index (χ0) is 16.3. The predicted molar refractivity (Wildman–Crippen MR) is 86.1 cm³/mol. The minimum absolute atomic E-state index is 0.438. The summed E-state index contributed by atoms with van der Waals surface area (Å²) in [5.41, 5.74) is 8.25. The minimum Gasteiger partial charge on any atom is -0.351 e. The van der Waals surface area contributed by atoms with Gasteiger partial charge in [-0.15, -0.1) is 0 Å². The number of carbonyl (C=O) groups excluding carboxylic acids is 2. The molecule has 0 saturated carbocycles. The summed E-state index contributed by atoms with van der Waals surface area (Å²) in [4.78, 5) is 26.8. The molecule has 7 heteroatoms. The monoisotopic (exact) mass is 318 g/mol. The molecule has 116 valence electrons. The van der Waals surface area contributed by atoms with Crippen LogP contribution in [-0.4, -0.2) is 26.7 Å². The average molecular weight is 318 g/mol. The number of primary amides is 1. The number of benzene rings is 1. The molecule has 3 N–H and O–H groups in total. The fourth-order valence-electron chi connectivity index (χ4n) is 2.10. The molecule has 1 aromatic heterocycles. The van der Waals surface area contributed by atoms with Crippen LogP contribution < -0.4 is 11.1 Å². The minimum atomic E-state index is -0.852. The number of carbonyl (C=O) groups is 2. The van der Waals surface area contributed by atoms with Gasteiger partial charge in [0.05, 0.1) is 5.25 Å². The molecule has 0 fully saturated rings. The number of rotatable bonds is 4. The molecule has 0 bridgehead atoms. The highest BCUT2D eigenvalue weighted by molar-refractivity contribution is 8.00. The first-order valence-electron chi connectivity index (χ1n) is 6.76. The van der Waals surface area contributed by atoms with Crippen LogP contribution in [0.2, 0.25) is 0 Å². The Morgan fingerprint density at radius 2 is 1.91 bits per heavy atom. The molecule has 2 rings (SSSR count). The van der Waals surface area contributed by atoms with Crippen LogP contribution in [0.1, 0.15) is 18.1 Å². The van der Waals surface area contributed by atoms with E-state index in [9.17, 15) is 9.59 Å². The van der Waals surface area contributed by atoms with E-state index in [-0.39, 0.29) is 0 Å². The zero-order valence-corrected chi connectivity index (χ0v) is 13.5. The summed E-state index contributed by atoms with van der Waals surface area (Å²) in [5.74, 6) is -0.438. The Bertz CT molecular complexity index is 691. The van der Waals surface area contributed by atoms with Crippen molar-refractivity contribution in [3.63, 3.8) is 0 Å². The van der Waals surface area contributed by atoms with Gasteiger partial charge in [0, 0.05) is 18.1 Å². The highest BCUT2D eigenvalue weighted by Gasteiger charge is 2.18. The molecule has 1 atom stereocenters. The number of hydrogen-bond donors (Lipinski definition) is 2. The number of aryl methyl sites for hydroxylation is 2. The zero-order valence-electron chi connectivity index (χ0n) is 12.7. The summed E-state index contributed by atoms with van der Waals surface area (Å²) < 4.78 is 1.92. The summed E-state index contributed by atoms with van der Waals surface area (Å²) in [5, 5.41) is 2.27. The largest absolute Gasteiger partial charge is 0.351 e. The molecule has 3 amide bonds. The van der Waals surface area contributed by atoms with E-state index in [0.29, 0.717) is 5.16 Å². The maximum atomic E-state index is 11.8. The third-order valence-electron chi connectivity index (χ3n) is 2.99. The predicted octanol–water partition coefficient (Wildman–Crippen LogP) is 2.16. The number of nitrogens with zero attached hydrogens (tertiary/aromatic N) is 2. The fourth-order valence-corrected chi connectivity index (χ4v) is 2.98. The lowest BCUT2D eigenvalue weighted by molar-refractivity contribution is -0.119. The molecule has 6 nitrogen and oxygen atoms in total.